The van der Waals surface area contributed by atoms with E-state index in [-0.39, 0.29) is 6.04 Å². The van der Waals surface area contributed by atoms with E-state index < -0.39 is 0 Å². The largest absolute Gasteiger partial charge is 0.494 e. The van der Waals surface area contributed by atoms with Crippen LogP contribution in [0.15, 0.2) is 24.3 Å². The molecule has 0 fully saturated rings. The molecule has 0 aliphatic heterocycles. The molecule has 1 rings (SSSR count). The first kappa shape index (κ1) is 15.3. The fraction of sp³-hybridized carbons (Fsp3) is 0.571. The lowest BCUT2D eigenvalue weighted by atomic mass is 10.1. The van der Waals surface area contributed by atoms with E-state index in [0.717, 1.165) is 22.8 Å². The highest BCUT2D eigenvalue weighted by molar-refractivity contribution is 7.99. The average molecular weight is 268 g/mol. The van der Waals surface area contributed by atoms with Crippen molar-refractivity contribution in [3.8, 4) is 5.75 Å². The summed E-state index contributed by atoms with van der Waals surface area (Å²) in [7, 11) is 0. The number of ether oxygens (including phenoxy) is 1. The molecule has 0 aromatic heterocycles. The zero-order valence-electron chi connectivity index (χ0n) is 11.5. The van der Waals surface area contributed by atoms with Crippen molar-refractivity contribution < 1.29 is 4.74 Å². The van der Waals surface area contributed by atoms with Gasteiger partial charge in [0.05, 0.1) is 12.6 Å². The average Bonchev–Trinajstić information content (AvgIpc) is 2.36. The summed E-state index contributed by atoms with van der Waals surface area (Å²) < 4.78 is 5.64. The Labute approximate surface area is 114 Å². The van der Waals surface area contributed by atoms with Crippen molar-refractivity contribution in [1.29, 1.82) is 0 Å². The lowest BCUT2D eigenvalue weighted by Gasteiger charge is -2.19. The standard InChI is InChI=1S/C14H24N2OS/c1-4-17-14-8-6-5-7-12(14)13(16-15)10-18-9-11(2)3/h5-8,11,13,16H,4,9-10,15H2,1-3H3. The molecule has 3 N–H and O–H groups in total. The van der Waals surface area contributed by atoms with Crippen LogP contribution in [0, 0.1) is 5.92 Å². The molecule has 1 unspecified atom stereocenters. The maximum Gasteiger partial charge on any atom is 0.124 e. The molecule has 1 aromatic rings. The number of para-hydroxylation sites is 1. The van der Waals surface area contributed by atoms with Gasteiger partial charge < -0.3 is 4.74 Å². The van der Waals surface area contributed by atoms with E-state index in [0.29, 0.717) is 12.5 Å². The van der Waals surface area contributed by atoms with Crippen LogP contribution in [-0.2, 0) is 0 Å². The van der Waals surface area contributed by atoms with Crippen molar-refractivity contribution in [1.82, 2.24) is 5.43 Å². The molecule has 0 aliphatic rings. The highest BCUT2D eigenvalue weighted by Gasteiger charge is 2.14. The summed E-state index contributed by atoms with van der Waals surface area (Å²) in [6, 6.07) is 8.22. The number of thioether (sulfide) groups is 1. The van der Waals surface area contributed by atoms with Gasteiger partial charge in [-0.1, -0.05) is 32.0 Å². The highest BCUT2D eigenvalue weighted by Crippen LogP contribution is 2.27. The first-order valence-electron chi connectivity index (χ1n) is 6.44. The van der Waals surface area contributed by atoms with Crippen LogP contribution in [-0.4, -0.2) is 18.1 Å². The minimum absolute atomic E-state index is 0.136. The SMILES string of the molecule is CCOc1ccccc1C(CSCC(C)C)NN. The summed E-state index contributed by atoms with van der Waals surface area (Å²) in [5.41, 5.74) is 4.03. The summed E-state index contributed by atoms with van der Waals surface area (Å²) in [5, 5.41) is 0. The second-order valence-corrected chi connectivity index (χ2v) is 5.70. The molecule has 0 bridgehead atoms. The van der Waals surface area contributed by atoms with Crippen molar-refractivity contribution >= 4 is 11.8 Å². The van der Waals surface area contributed by atoms with E-state index in [1.54, 1.807) is 0 Å². The monoisotopic (exact) mass is 268 g/mol. The summed E-state index contributed by atoms with van der Waals surface area (Å²) in [6.07, 6.45) is 0. The molecule has 0 saturated carbocycles. The van der Waals surface area contributed by atoms with E-state index in [9.17, 15) is 0 Å². The maximum absolute atomic E-state index is 5.67. The van der Waals surface area contributed by atoms with Gasteiger partial charge >= 0.3 is 0 Å². The number of hydrogen-bond donors (Lipinski definition) is 2. The molecule has 0 spiro atoms. The van der Waals surface area contributed by atoms with Gasteiger partial charge in [0.2, 0.25) is 0 Å². The van der Waals surface area contributed by atoms with Gasteiger partial charge in [0, 0.05) is 11.3 Å². The molecule has 0 heterocycles. The predicted molar refractivity (Wildman–Crippen MR) is 79.8 cm³/mol. The minimum Gasteiger partial charge on any atom is -0.494 e. The van der Waals surface area contributed by atoms with Crippen molar-refractivity contribution in [3.63, 3.8) is 0 Å². The molecule has 0 radical (unpaired) electrons. The summed E-state index contributed by atoms with van der Waals surface area (Å²) in [5.74, 6) is 9.40. The van der Waals surface area contributed by atoms with Gasteiger partial charge in [-0.3, -0.25) is 11.3 Å². The third-order valence-electron chi connectivity index (χ3n) is 2.53. The molecule has 102 valence electrons. The van der Waals surface area contributed by atoms with Crippen LogP contribution in [0.3, 0.4) is 0 Å². The zero-order valence-corrected chi connectivity index (χ0v) is 12.3. The fourth-order valence-corrected chi connectivity index (χ4v) is 2.82. The van der Waals surface area contributed by atoms with E-state index in [1.165, 1.54) is 0 Å². The Morgan fingerprint density at radius 3 is 2.61 bits per heavy atom. The van der Waals surface area contributed by atoms with Crippen LogP contribution in [0.2, 0.25) is 0 Å². The molecule has 0 saturated heterocycles. The minimum atomic E-state index is 0.136. The lowest BCUT2D eigenvalue weighted by Crippen LogP contribution is -2.30. The van der Waals surface area contributed by atoms with Gasteiger partial charge in [0.1, 0.15) is 5.75 Å². The highest BCUT2D eigenvalue weighted by atomic mass is 32.2. The molecule has 4 heteroatoms. The van der Waals surface area contributed by atoms with Gasteiger partial charge in [-0.25, -0.2) is 0 Å². The van der Waals surface area contributed by atoms with Crippen LogP contribution < -0.4 is 16.0 Å². The van der Waals surface area contributed by atoms with Gasteiger partial charge in [-0.2, -0.15) is 11.8 Å². The summed E-state index contributed by atoms with van der Waals surface area (Å²) in [6.45, 7) is 7.13. The smallest absolute Gasteiger partial charge is 0.124 e. The van der Waals surface area contributed by atoms with Crippen LogP contribution in [0.25, 0.3) is 0 Å². The summed E-state index contributed by atoms with van der Waals surface area (Å²) >= 11 is 1.92. The Morgan fingerprint density at radius 1 is 1.28 bits per heavy atom. The molecule has 3 nitrogen and oxygen atoms in total. The Bertz CT molecular complexity index is 344. The van der Waals surface area contributed by atoms with Crippen LogP contribution in [0.1, 0.15) is 32.4 Å². The van der Waals surface area contributed by atoms with Crippen LogP contribution in [0.4, 0.5) is 0 Å². The topological polar surface area (TPSA) is 47.3 Å². The fourth-order valence-electron chi connectivity index (χ4n) is 1.70. The zero-order chi connectivity index (χ0) is 13.4. The predicted octanol–water partition coefficient (Wildman–Crippen LogP) is 2.98. The molecule has 1 atom stereocenters. The number of hydrazine groups is 1. The first-order valence-corrected chi connectivity index (χ1v) is 7.60. The Balaban J connectivity index is 2.68. The lowest BCUT2D eigenvalue weighted by molar-refractivity contribution is 0.333. The number of nitrogens with one attached hydrogen (secondary N) is 1. The molecule has 1 aromatic carbocycles. The molecule has 0 aliphatic carbocycles. The first-order chi connectivity index (χ1) is 8.69. The van der Waals surface area contributed by atoms with Crippen molar-refractivity contribution in [2.75, 3.05) is 18.1 Å². The number of nitrogens with two attached hydrogens (primary N) is 1. The van der Waals surface area contributed by atoms with Crippen molar-refractivity contribution in [2.45, 2.75) is 26.8 Å². The summed E-state index contributed by atoms with van der Waals surface area (Å²) in [4.78, 5) is 0. The van der Waals surface area contributed by atoms with E-state index in [2.05, 4.69) is 25.3 Å². The van der Waals surface area contributed by atoms with Crippen molar-refractivity contribution in [3.05, 3.63) is 29.8 Å². The Kier molecular flexibility index (Phi) is 7.16. The molecule has 18 heavy (non-hydrogen) atoms. The molecule has 0 amide bonds. The quantitative estimate of drug-likeness (QED) is 0.562. The van der Waals surface area contributed by atoms with Crippen LogP contribution in [0.5, 0.6) is 5.75 Å². The maximum atomic E-state index is 5.67. The molecular weight excluding hydrogens is 244 g/mol. The van der Waals surface area contributed by atoms with E-state index in [1.807, 2.05) is 36.9 Å². The molecular formula is C14H24N2OS. The third-order valence-corrected chi connectivity index (χ3v) is 4.00. The number of benzene rings is 1. The van der Waals surface area contributed by atoms with Gasteiger partial charge in [-0.05, 0) is 24.7 Å². The number of rotatable bonds is 8. The normalized spacial score (nSPS) is 12.7. The van der Waals surface area contributed by atoms with Crippen molar-refractivity contribution in [2.24, 2.45) is 11.8 Å². The van der Waals surface area contributed by atoms with Gasteiger partial charge in [0.15, 0.2) is 0 Å². The third kappa shape index (κ3) is 4.88. The van der Waals surface area contributed by atoms with E-state index >= 15 is 0 Å². The second kappa shape index (κ2) is 8.40. The number of hydrogen-bond acceptors (Lipinski definition) is 4. The Hall–Kier alpha value is -0.710. The van der Waals surface area contributed by atoms with E-state index in [4.69, 9.17) is 10.6 Å². The second-order valence-electron chi connectivity index (χ2n) is 4.62. The Morgan fingerprint density at radius 2 is 2.00 bits per heavy atom. The van der Waals surface area contributed by atoms with Gasteiger partial charge in [-0.15, -0.1) is 0 Å². The van der Waals surface area contributed by atoms with Gasteiger partial charge in [0.25, 0.3) is 0 Å². The van der Waals surface area contributed by atoms with Crippen LogP contribution >= 0.6 is 11.8 Å².